The van der Waals surface area contributed by atoms with Gasteiger partial charge in [0.1, 0.15) is 5.82 Å². The van der Waals surface area contributed by atoms with Crippen molar-refractivity contribution in [3.8, 4) is 11.4 Å². The normalized spacial score (nSPS) is 10.5. The Morgan fingerprint density at radius 2 is 2.05 bits per heavy atom. The number of imidazole rings is 1. The molecule has 3 aromatic rings. The molecule has 2 heterocycles. The lowest BCUT2D eigenvalue weighted by Crippen LogP contribution is -1.99. The van der Waals surface area contributed by atoms with E-state index in [1.54, 1.807) is 6.20 Å². The molecule has 5 nitrogen and oxygen atoms in total. The molecule has 2 aromatic heterocycles. The smallest absolute Gasteiger partial charge is 0.167 e. The van der Waals surface area contributed by atoms with Crippen molar-refractivity contribution in [2.45, 2.75) is 6.54 Å². The quantitative estimate of drug-likeness (QED) is 0.723. The zero-order chi connectivity index (χ0) is 13.1. The van der Waals surface area contributed by atoms with Crippen LogP contribution in [-0.4, -0.2) is 26.0 Å². The molecule has 0 aliphatic heterocycles. The molecule has 19 heavy (non-hydrogen) atoms. The van der Waals surface area contributed by atoms with Crippen LogP contribution in [0.25, 0.3) is 11.4 Å². The van der Waals surface area contributed by atoms with Crippen LogP contribution in [0, 0.1) is 0 Å². The predicted octanol–water partition coefficient (Wildman–Crippen LogP) is 2.13. The molecule has 0 saturated carbocycles. The highest BCUT2D eigenvalue weighted by molar-refractivity contribution is 5.73. The van der Waals surface area contributed by atoms with Crippen LogP contribution in [0.1, 0.15) is 16.1 Å². The van der Waals surface area contributed by atoms with E-state index in [9.17, 15) is 4.79 Å². The first-order valence-corrected chi connectivity index (χ1v) is 5.92. The van der Waals surface area contributed by atoms with Gasteiger partial charge in [-0.25, -0.2) is 4.98 Å². The van der Waals surface area contributed by atoms with Crippen LogP contribution in [0.15, 0.2) is 48.9 Å². The van der Waals surface area contributed by atoms with E-state index in [1.165, 1.54) is 11.8 Å². The summed E-state index contributed by atoms with van der Waals surface area (Å²) in [5.41, 5.74) is 2.51. The van der Waals surface area contributed by atoms with Crippen LogP contribution in [0.3, 0.4) is 0 Å². The van der Waals surface area contributed by atoms with Crippen molar-refractivity contribution in [1.29, 1.82) is 0 Å². The predicted molar refractivity (Wildman–Crippen MR) is 70.7 cm³/mol. The monoisotopic (exact) mass is 252 g/mol. The van der Waals surface area contributed by atoms with Gasteiger partial charge in [0.2, 0.25) is 0 Å². The number of nitrogens with one attached hydrogen (secondary N) is 1. The molecule has 0 amide bonds. The third-order valence-corrected chi connectivity index (χ3v) is 2.82. The molecular formula is C14H12N4O. The fraction of sp³-hybridized carbons (Fsp3) is 0.0714. The maximum atomic E-state index is 10.6. The molecule has 0 bridgehead atoms. The number of hydrogen-bond acceptors (Lipinski definition) is 3. The highest BCUT2D eigenvalue weighted by atomic mass is 16.1. The molecule has 94 valence electrons. The van der Waals surface area contributed by atoms with Crippen LogP contribution >= 0.6 is 0 Å². The fourth-order valence-electron chi connectivity index (χ4n) is 1.88. The number of nitrogens with zero attached hydrogens (tertiary/aromatic N) is 3. The Morgan fingerprint density at radius 3 is 2.79 bits per heavy atom. The first kappa shape index (κ1) is 11.4. The van der Waals surface area contributed by atoms with E-state index in [2.05, 4.69) is 27.2 Å². The summed E-state index contributed by atoms with van der Waals surface area (Å²) >= 11 is 0. The number of hydrogen-bond donors (Lipinski definition) is 1. The van der Waals surface area contributed by atoms with Crippen molar-refractivity contribution >= 4 is 6.29 Å². The summed E-state index contributed by atoms with van der Waals surface area (Å²) in [4.78, 5) is 17.7. The average molecular weight is 252 g/mol. The van der Waals surface area contributed by atoms with Gasteiger partial charge in [0.05, 0.1) is 30.2 Å². The van der Waals surface area contributed by atoms with Crippen LogP contribution in [0.4, 0.5) is 0 Å². The molecule has 1 N–H and O–H groups in total. The Morgan fingerprint density at radius 1 is 1.21 bits per heavy atom. The van der Waals surface area contributed by atoms with Gasteiger partial charge >= 0.3 is 0 Å². The van der Waals surface area contributed by atoms with Gasteiger partial charge in [0, 0.05) is 6.20 Å². The summed E-state index contributed by atoms with van der Waals surface area (Å²) in [6.45, 7) is 0.710. The molecule has 0 atom stereocenters. The van der Waals surface area contributed by atoms with Gasteiger partial charge in [-0.15, -0.1) is 0 Å². The van der Waals surface area contributed by atoms with Gasteiger partial charge in [-0.1, -0.05) is 30.3 Å². The topological polar surface area (TPSA) is 63.6 Å². The summed E-state index contributed by atoms with van der Waals surface area (Å²) < 4.78 is 1.84. The molecular weight excluding hydrogens is 240 g/mol. The number of carbonyl (C=O) groups is 1. The first-order valence-electron chi connectivity index (χ1n) is 5.92. The highest BCUT2D eigenvalue weighted by Crippen LogP contribution is 2.14. The van der Waals surface area contributed by atoms with E-state index in [0.29, 0.717) is 18.1 Å². The molecule has 0 saturated heterocycles. The second kappa shape index (κ2) is 4.89. The number of H-pyrrole nitrogens is 1. The Bertz CT molecular complexity index is 684. The van der Waals surface area contributed by atoms with E-state index in [-0.39, 0.29) is 0 Å². The van der Waals surface area contributed by atoms with E-state index in [0.717, 1.165) is 11.8 Å². The lowest BCUT2D eigenvalue weighted by molar-refractivity contribution is 0.111. The van der Waals surface area contributed by atoms with Crippen LogP contribution in [0.5, 0.6) is 0 Å². The maximum absolute atomic E-state index is 10.6. The van der Waals surface area contributed by atoms with E-state index in [4.69, 9.17) is 0 Å². The number of benzene rings is 1. The highest BCUT2D eigenvalue weighted by Gasteiger charge is 2.06. The zero-order valence-corrected chi connectivity index (χ0v) is 10.2. The van der Waals surface area contributed by atoms with Gasteiger partial charge in [-0.3, -0.25) is 9.48 Å². The van der Waals surface area contributed by atoms with Crippen molar-refractivity contribution in [1.82, 2.24) is 19.7 Å². The van der Waals surface area contributed by atoms with Crippen molar-refractivity contribution in [2.75, 3.05) is 0 Å². The largest absolute Gasteiger partial charge is 0.336 e. The average Bonchev–Trinajstić information content (AvgIpc) is 3.08. The van der Waals surface area contributed by atoms with Crippen LogP contribution in [0.2, 0.25) is 0 Å². The second-order valence-corrected chi connectivity index (χ2v) is 4.22. The summed E-state index contributed by atoms with van der Waals surface area (Å²) in [7, 11) is 0. The first-order chi connectivity index (χ1) is 9.35. The van der Waals surface area contributed by atoms with Gasteiger partial charge in [-0.05, 0) is 5.56 Å². The minimum Gasteiger partial charge on any atom is -0.336 e. The van der Waals surface area contributed by atoms with Crippen molar-refractivity contribution < 1.29 is 4.79 Å². The number of rotatable bonds is 4. The lowest BCUT2D eigenvalue weighted by atomic mass is 10.2. The summed E-state index contributed by atoms with van der Waals surface area (Å²) in [5, 5.41) is 4.29. The zero-order valence-electron chi connectivity index (χ0n) is 10.2. The molecule has 0 fully saturated rings. The Hall–Kier alpha value is -2.69. The second-order valence-electron chi connectivity index (χ2n) is 4.22. The Balaban J connectivity index is 1.81. The Kier molecular flexibility index (Phi) is 2.94. The molecule has 3 rings (SSSR count). The van der Waals surface area contributed by atoms with Gasteiger partial charge in [-0.2, -0.15) is 5.10 Å². The van der Waals surface area contributed by atoms with Gasteiger partial charge < -0.3 is 4.98 Å². The van der Waals surface area contributed by atoms with E-state index >= 15 is 0 Å². The maximum Gasteiger partial charge on any atom is 0.167 e. The van der Waals surface area contributed by atoms with Gasteiger partial charge in [0.15, 0.2) is 6.29 Å². The number of carbonyl (C=O) groups excluding carboxylic acids is 1. The Labute approximate surface area is 109 Å². The molecule has 0 unspecified atom stereocenters. The van der Waals surface area contributed by atoms with Crippen LogP contribution < -0.4 is 0 Å². The SMILES string of the molecule is O=Cc1cnc(-c2cnn(Cc3ccccc3)c2)[nH]1. The molecule has 5 heteroatoms. The standard InChI is InChI=1S/C14H12N4O/c19-10-13-7-15-14(17-13)12-6-16-18(9-12)8-11-4-2-1-3-5-11/h1-7,9-10H,8H2,(H,15,17). The minimum atomic E-state index is 0.464. The van der Waals surface area contributed by atoms with Crippen LogP contribution in [-0.2, 0) is 6.54 Å². The fourth-order valence-corrected chi connectivity index (χ4v) is 1.88. The van der Waals surface area contributed by atoms with Crippen molar-refractivity contribution in [3.05, 3.63) is 60.2 Å². The molecule has 1 aromatic carbocycles. The molecule has 0 radical (unpaired) electrons. The third kappa shape index (κ3) is 2.44. The van der Waals surface area contributed by atoms with Crippen molar-refractivity contribution in [2.24, 2.45) is 0 Å². The summed E-state index contributed by atoms with van der Waals surface area (Å²) in [6.07, 6.45) is 5.89. The number of aldehydes is 1. The lowest BCUT2D eigenvalue weighted by Gasteiger charge is -2.00. The molecule has 0 aliphatic carbocycles. The minimum absolute atomic E-state index is 0.464. The number of aromatic amines is 1. The van der Waals surface area contributed by atoms with Crippen molar-refractivity contribution in [3.63, 3.8) is 0 Å². The van der Waals surface area contributed by atoms with E-state index < -0.39 is 0 Å². The molecule has 0 aliphatic rings. The third-order valence-electron chi connectivity index (χ3n) is 2.82. The molecule has 0 spiro atoms. The summed E-state index contributed by atoms with van der Waals surface area (Å²) in [5.74, 6) is 0.654. The van der Waals surface area contributed by atoms with E-state index in [1.807, 2.05) is 29.1 Å². The number of aromatic nitrogens is 4. The summed E-state index contributed by atoms with van der Waals surface area (Å²) in [6, 6.07) is 10.1. The van der Waals surface area contributed by atoms with Gasteiger partial charge in [0.25, 0.3) is 0 Å².